The highest BCUT2D eigenvalue weighted by Crippen LogP contribution is 2.36. The summed E-state index contributed by atoms with van der Waals surface area (Å²) in [7, 11) is -4.75. The summed E-state index contributed by atoms with van der Waals surface area (Å²) in [6, 6.07) is 0. The third kappa shape index (κ3) is 36.9. The number of esters is 2. The number of hydrogen-bond acceptors (Lipinski definition) is 6. The SMILES string of the molecule is CC/C=C\C/C=C\C/C=C\CCCCCC(=O)OC(COC(=O)CCCCCCCCCCCCCCCCCC)COP(=O)(O)O. The maximum absolute atomic E-state index is 12.3. The Morgan fingerprint density at radius 1 is 0.574 bits per heavy atom. The molecular weight excluding hydrogens is 615 g/mol. The lowest BCUT2D eigenvalue weighted by molar-refractivity contribution is -0.161. The summed E-state index contributed by atoms with van der Waals surface area (Å²) < 4.78 is 26.3. The predicted molar refractivity (Wildman–Crippen MR) is 193 cm³/mol. The minimum absolute atomic E-state index is 0.178. The topological polar surface area (TPSA) is 119 Å². The molecule has 1 atom stereocenters. The van der Waals surface area contributed by atoms with Crippen molar-refractivity contribution < 1.29 is 37.9 Å². The van der Waals surface area contributed by atoms with Gasteiger partial charge in [0, 0.05) is 12.8 Å². The average Bonchev–Trinajstić information content (AvgIpc) is 3.03. The summed E-state index contributed by atoms with van der Waals surface area (Å²) >= 11 is 0. The molecule has 0 saturated heterocycles. The number of unbranched alkanes of at least 4 members (excludes halogenated alkanes) is 18. The van der Waals surface area contributed by atoms with Gasteiger partial charge in [0.25, 0.3) is 0 Å². The van der Waals surface area contributed by atoms with E-state index in [9.17, 15) is 14.2 Å². The number of rotatable bonds is 34. The molecule has 274 valence electrons. The van der Waals surface area contributed by atoms with E-state index in [4.69, 9.17) is 19.3 Å². The fourth-order valence-electron chi connectivity index (χ4n) is 5.15. The largest absolute Gasteiger partial charge is 0.469 e. The van der Waals surface area contributed by atoms with Crippen molar-refractivity contribution in [2.75, 3.05) is 13.2 Å². The molecule has 1 unspecified atom stereocenters. The van der Waals surface area contributed by atoms with Gasteiger partial charge < -0.3 is 19.3 Å². The van der Waals surface area contributed by atoms with Gasteiger partial charge in [0.1, 0.15) is 6.61 Å². The van der Waals surface area contributed by atoms with E-state index in [1.807, 2.05) is 0 Å². The van der Waals surface area contributed by atoms with E-state index in [1.54, 1.807) is 0 Å². The van der Waals surface area contributed by atoms with Crippen LogP contribution in [0.4, 0.5) is 0 Å². The van der Waals surface area contributed by atoms with E-state index in [0.29, 0.717) is 6.42 Å². The molecule has 9 heteroatoms. The van der Waals surface area contributed by atoms with Crippen LogP contribution in [-0.4, -0.2) is 41.0 Å². The van der Waals surface area contributed by atoms with Crippen LogP contribution in [0.5, 0.6) is 0 Å². The highest BCUT2D eigenvalue weighted by atomic mass is 31.2. The summed E-state index contributed by atoms with van der Waals surface area (Å²) in [5.74, 6) is -0.916. The molecule has 0 aromatic carbocycles. The zero-order valence-electron chi connectivity index (χ0n) is 29.9. The fourth-order valence-corrected chi connectivity index (χ4v) is 5.51. The second kappa shape index (κ2) is 34.1. The van der Waals surface area contributed by atoms with Gasteiger partial charge in [-0.05, 0) is 44.9 Å². The summed E-state index contributed by atoms with van der Waals surface area (Å²) in [6.45, 7) is 3.54. The highest BCUT2D eigenvalue weighted by Gasteiger charge is 2.22. The van der Waals surface area contributed by atoms with E-state index >= 15 is 0 Å². The fraction of sp³-hybridized carbons (Fsp3) is 0.789. The number of hydrogen-bond donors (Lipinski definition) is 2. The van der Waals surface area contributed by atoms with Crippen LogP contribution in [0.2, 0.25) is 0 Å². The molecule has 0 saturated carbocycles. The van der Waals surface area contributed by atoms with Gasteiger partial charge in [-0.2, -0.15) is 0 Å². The first kappa shape index (κ1) is 45.3. The molecule has 0 amide bonds. The lowest BCUT2D eigenvalue weighted by atomic mass is 10.0. The normalized spacial score (nSPS) is 12.9. The molecule has 0 rings (SSSR count). The second-order valence-corrected chi connectivity index (χ2v) is 13.8. The van der Waals surface area contributed by atoms with Crippen LogP contribution in [0.25, 0.3) is 0 Å². The number of carbonyl (C=O) groups excluding carboxylic acids is 2. The number of phosphoric acid groups is 1. The van der Waals surface area contributed by atoms with Gasteiger partial charge in [-0.25, -0.2) is 4.57 Å². The van der Waals surface area contributed by atoms with E-state index in [0.717, 1.165) is 57.8 Å². The number of phosphoric ester groups is 1. The third-order valence-electron chi connectivity index (χ3n) is 7.92. The molecule has 0 aliphatic heterocycles. The van der Waals surface area contributed by atoms with Gasteiger partial charge in [-0.3, -0.25) is 14.1 Å². The Bertz CT molecular complexity index is 864. The lowest BCUT2D eigenvalue weighted by Crippen LogP contribution is -2.29. The van der Waals surface area contributed by atoms with Crippen molar-refractivity contribution in [3.05, 3.63) is 36.5 Å². The van der Waals surface area contributed by atoms with Crippen molar-refractivity contribution in [1.82, 2.24) is 0 Å². The summed E-state index contributed by atoms with van der Waals surface area (Å²) in [6.07, 6.45) is 38.7. The van der Waals surface area contributed by atoms with Gasteiger partial charge in [0.05, 0.1) is 6.61 Å². The van der Waals surface area contributed by atoms with Crippen LogP contribution < -0.4 is 0 Å². The molecular formula is C38H69O8P. The van der Waals surface area contributed by atoms with E-state index in [1.165, 1.54) is 83.5 Å². The number of carbonyl (C=O) groups is 2. The van der Waals surface area contributed by atoms with Crippen molar-refractivity contribution in [3.63, 3.8) is 0 Å². The van der Waals surface area contributed by atoms with Crippen molar-refractivity contribution in [3.8, 4) is 0 Å². The highest BCUT2D eigenvalue weighted by molar-refractivity contribution is 7.46. The van der Waals surface area contributed by atoms with Gasteiger partial charge >= 0.3 is 19.8 Å². The quantitative estimate of drug-likeness (QED) is 0.0297. The minimum Gasteiger partial charge on any atom is -0.462 e. The van der Waals surface area contributed by atoms with Crippen molar-refractivity contribution in [2.45, 2.75) is 180 Å². The van der Waals surface area contributed by atoms with Crippen molar-refractivity contribution in [2.24, 2.45) is 0 Å². The van der Waals surface area contributed by atoms with Crippen LogP contribution in [0.15, 0.2) is 36.5 Å². The lowest BCUT2D eigenvalue weighted by Gasteiger charge is -2.18. The maximum atomic E-state index is 12.3. The Balaban J connectivity index is 3.98. The molecule has 0 aliphatic rings. The Hall–Kier alpha value is -1.73. The van der Waals surface area contributed by atoms with Crippen LogP contribution in [0, 0.1) is 0 Å². The van der Waals surface area contributed by atoms with Gasteiger partial charge in [0.15, 0.2) is 6.10 Å². The van der Waals surface area contributed by atoms with Crippen molar-refractivity contribution in [1.29, 1.82) is 0 Å². The summed E-state index contributed by atoms with van der Waals surface area (Å²) in [5.41, 5.74) is 0. The monoisotopic (exact) mass is 684 g/mol. The Labute approximate surface area is 287 Å². The second-order valence-electron chi connectivity index (χ2n) is 12.5. The molecule has 0 aromatic rings. The molecule has 8 nitrogen and oxygen atoms in total. The van der Waals surface area contributed by atoms with Crippen molar-refractivity contribution >= 4 is 19.8 Å². The predicted octanol–water partition coefficient (Wildman–Crippen LogP) is 11.0. The molecule has 0 aliphatic carbocycles. The molecule has 0 aromatic heterocycles. The first-order valence-corrected chi connectivity index (χ1v) is 20.3. The van der Waals surface area contributed by atoms with Crippen LogP contribution in [0.1, 0.15) is 174 Å². The zero-order valence-corrected chi connectivity index (χ0v) is 30.8. The van der Waals surface area contributed by atoms with Crippen LogP contribution in [0.3, 0.4) is 0 Å². The molecule has 0 spiro atoms. The molecule has 2 N–H and O–H groups in total. The smallest absolute Gasteiger partial charge is 0.462 e. The van der Waals surface area contributed by atoms with E-state index in [2.05, 4.69) is 54.8 Å². The van der Waals surface area contributed by atoms with Crippen LogP contribution >= 0.6 is 7.82 Å². The Morgan fingerprint density at radius 3 is 1.53 bits per heavy atom. The standard InChI is InChI=1S/C38H69O8P/c1-3-5-7-9-11-13-15-17-18-19-21-22-24-26-28-30-32-37(39)44-34-36(35-45-47(41,42)43)46-38(40)33-31-29-27-25-23-20-16-14-12-10-8-6-4-2/h6,8,12,14,20,23,36H,3-5,7,9-11,13,15-19,21-22,24-35H2,1-2H3,(H2,41,42,43)/b8-6-,14-12-,23-20-. The van der Waals surface area contributed by atoms with Crippen LogP contribution in [-0.2, 0) is 28.2 Å². The molecule has 0 bridgehead atoms. The zero-order chi connectivity index (χ0) is 34.7. The summed E-state index contributed by atoms with van der Waals surface area (Å²) in [4.78, 5) is 42.6. The molecule has 47 heavy (non-hydrogen) atoms. The average molecular weight is 685 g/mol. The molecule has 0 fully saturated rings. The first-order chi connectivity index (χ1) is 22.8. The Kier molecular flexibility index (Phi) is 32.9. The van der Waals surface area contributed by atoms with Gasteiger partial charge in [0.2, 0.25) is 0 Å². The number of allylic oxidation sites excluding steroid dienone is 6. The minimum atomic E-state index is -4.75. The van der Waals surface area contributed by atoms with Gasteiger partial charge in [-0.1, -0.05) is 153 Å². The third-order valence-corrected chi connectivity index (χ3v) is 8.41. The first-order valence-electron chi connectivity index (χ1n) is 18.8. The number of ether oxygens (including phenoxy) is 2. The van der Waals surface area contributed by atoms with E-state index in [-0.39, 0.29) is 19.4 Å². The molecule has 0 radical (unpaired) electrons. The molecule has 0 heterocycles. The summed E-state index contributed by atoms with van der Waals surface area (Å²) in [5, 5.41) is 0. The van der Waals surface area contributed by atoms with Gasteiger partial charge in [-0.15, -0.1) is 0 Å². The van der Waals surface area contributed by atoms with E-state index < -0.39 is 32.5 Å². The Morgan fingerprint density at radius 2 is 1.02 bits per heavy atom. The maximum Gasteiger partial charge on any atom is 0.469 e.